The van der Waals surface area contributed by atoms with Crippen LogP contribution in [0.1, 0.15) is 33.1 Å². The summed E-state index contributed by atoms with van der Waals surface area (Å²) in [6, 6.07) is 2.18. The summed E-state index contributed by atoms with van der Waals surface area (Å²) in [5.74, 6) is 0. The summed E-state index contributed by atoms with van der Waals surface area (Å²) < 4.78 is 5.45. The van der Waals surface area contributed by atoms with E-state index in [9.17, 15) is 0 Å². The minimum Gasteiger partial charge on any atom is -0.378 e. The van der Waals surface area contributed by atoms with Crippen LogP contribution >= 0.6 is 0 Å². The highest BCUT2D eigenvalue weighted by Gasteiger charge is 2.29. The molecule has 80 valence electrons. The Balaban J connectivity index is 2.24. The second kappa shape index (κ2) is 5.33. The second-order valence-electron chi connectivity index (χ2n) is 4.47. The third-order valence-electron chi connectivity index (χ3n) is 2.78. The molecule has 1 aliphatic heterocycles. The lowest BCUT2D eigenvalue weighted by molar-refractivity contribution is -0.0512. The van der Waals surface area contributed by atoms with Gasteiger partial charge in [-0.1, -0.05) is 0 Å². The number of unbranched alkanes of at least 4 members (excludes halogenated alkanes) is 2. The van der Waals surface area contributed by atoms with Gasteiger partial charge in [0.2, 0.25) is 0 Å². The van der Waals surface area contributed by atoms with Crippen LogP contribution < -0.4 is 0 Å². The smallest absolute Gasteiger partial charge is 0.0645 e. The molecular formula is C11H20N2O. The van der Waals surface area contributed by atoms with E-state index in [4.69, 9.17) is 10.00 Å². The van der Waals surface area contributed by atoms with Crippen molar-refractivity contribution in [3.63, 3.8) is 0 Å². The Hall–Kier alpha value is -0.590. The van der Waals surface area contributed by atoms with E-state index in [1.165, 1.54) is 0 Å². The molecule has 0 radical (unpaired) electrons. The van der Waals surface area contributed by atoms with Crippen molar-refractivity contribution < 1.29 is 4.74 Å². The maximum absolute atomic E-state index is 8.42. The van der Waals surface area contributed by atoms with Crippen LogP contribution in [0.3, 0.4) is 0 Å². The first-order valence-corrected chi connectivity index (χ1v) is 5.36. The predicted octanol–water partition coefficient (Wildman–Crippen LogP) is 1.79. The maximum atomic E-state index is 8.42. The zero-order chi connectivity index (χ0) is 10.4. The number of hydrogen-bond donors (Lipinski definition) is 0. The molecule has 1 fully saturated rings. The molecule has 0 saturated carbocycles. The molecule has 14 heavy (non-hydrogen) atoms. The number of nitrogens with zero attached hydrogens (tertiary/aromatic N) is 2. The minimum atomic E-state index is 0.172. The number of hydrogen-bond acceptors (Lipinski definition) is 3. The molecule has 1 rings (SSSR count). The Bertz CT molecular complexity index is 208. The van der Waals surface area contributed by atoms with Gasteiger partial charge in [-0.3, -0.25) is 4.90 Å². The number of nitriles is 1. The highest BCUT2D eigenvalue weighted by molar-refractivity contribution is 4.84. The Labute approximate surface area is 86.6 Å². The van der Waals surface area contributed by atoms with E-state index in [1.54, 1.807) is 0 Å². The Morgan fingerprint density at radius 1 is 1.43 bits per heavy atom. The lowest BCUT2D eigenvalue weighted by atomic mass is 10.0. The molecule has 1 heterocycles. The van der Waals surface area contributed by atoms with E-state index in [0.29, 0.717) is 6.42 Å². The molecule has 0 aromatic rings. The van der Waals surface area contributed by atoms with Crippen molar-refractivity contribution in [3.05, 3.63) is 0 Å². The van der Waals surface area contributed by atoms with E-state index < -0.39 is 0 Å². The van der Waals surface area contributed by atoms with Gasteiger partial charge in [-0.2, -0.15) is 5.26 Å². The largest absolute Gasteiger partial charge is 0.378 e. The van der Waals surface area contributed by atoms with Crippen molar-refractivity contribution in [2.24, 2.45) is 0 Å². The minimum absolute atomic E-state index is 0.172. The average molecular weight is 196 g/mol. The van der Waals surface area contributed by atoms with Crippen molar-refractivity contribution >= 4 is 0 Å². The fraction of sp³-hybridized carbons (Fsp3) is 0.909. The predicted molar refractivity (Wildman–Crippen MR) is 55.9 cm³/mol. The Kier molecular flexibility index (Phi) is 4.37. The zero-order valence-corrected chi connectivity index (χ0v) is 9.25. The van der Waals surface area contributed by atoms with E-state index >= 15 is 0 Å². The summed E-state index contributed by atoms with van der Waals surface area (Å²) in [7, 11) is 0. The first kappa shape index (κ1) is 11.5. The molecule has 1 aliphatic rings. The van der Waals surface area contributed by atoms with E-state index in [-0.39, 0.29) is 5.54 Å². The fourth-order valence-electron chi connectivity index (χ4n) is 1.81. The average Bonchev–Trinajstić information content (AvgIpc) is 2.14. The van der Waals surface area contributed by atoms with Gasteiger partial charge in [0, 0.05) is 18.5 Å². The van der Waals surface area contributed by atoms with Crippen LogP contribution in [0.2, 0.25) is 0 Å². The zero-order valence-electron chi connectivity index (χ0n) is 9.25. The lowest BCUT2D eigenvalue weighted by Crippen LogP contribution is -2.53. The summed E-state index contributed by atoms with van der Waals surface area (Å²) in [4.78, 5) is 2.47. The van der Waals surface area contributed by atoms with Gasteiger partial charge in [-0.15, -0.1) is 0 Å². The van der Waals surface area contributed by atoms with Crippen LogP contribution in [0.15, 0.2) is 0 Å². The second-order valence-corrected chi connectivity index (χ2v) is 4.47. The van der Waals surface area contributed by atoms with Gasteiger partial charge in [0.15, 0.2) is 0 Å². The summed E-state index contributed by atoms with van der Waals surface area (Å²) in [5, 5.41) is 8.42. The molecule has 0 atom stereocenters. The van der Waals surface area contributed by atoms with Gasteiger partial charge in [0.05, 0.1) is 19.3 Å². The number of ether oxygens (including phenoxy) is 1. The summed E-state index contributed by atoms with van der Waals surface area (Å²) >= 11 is 0. The van der Waals surface area contributed by atoms with Gasteiger partial charge < -0.3 is 4.74 Å². The molecule has 0 aromatic heterocycles. The van der Waals surface area contributed by atoms with Gasteiger partial charge in [-0.25, -0.2) is 0 Å². The van der Waals surface area contributed by atoms with E-state index in [1.807, 2.05) is 0 Å². The molecular weight excluding hydrogens is 176 g/mol. The van der Waals surface area contributed by atoms with Crippen LogP contribution in [0.25, 0.3) is 0 Å². The topological polar surface area (TPSA) is 36.3 Å². The molecule has 0 spiro atoms. The molecule has 0 amide bonds. The number of morpholine rings is 1. The van der Waals surface area contributed by atoms with Crippen LogP contribution in [0, 0.1) is 11.3 Å². The summed E-state index contributed by atoms with van der Waals surface area (Å²) in [6.07, 6.45) is 2.83. The Morgan fingerprint density at radius 3 is 2.86 bits per heavy atom. The van der Waals surface area contributed by atoms with E-state index in [2.05, 4.69) is 24.8 Å². The van der Waals surface area contributed by atoms with E-state index in [0.717, 1.165) is 39.1 Å². The monoisotopic (exact) mass is 196 g/mol. The molecule has 1 saturated heterocycles. The lowest BCUT2D eigenvalue weighted by Gasteiger charge is -2.42. The molecule has 0 unspecified atom stereocenters. The van der Waals surface area contributed by atoms with Crippen LogP contribution in [0.4, 0.5) is 0 Å². The first-order valence-electron chi connectivity index (χ1n) is 5.36. The Morgan fingerprint density at radius 2 is 2.21 bits per heavy atom. The third-order valence-corrected chi connectivity index (χ3v) is 2.78. The van der Waals surface area contributed by atoms with Crippen molar-refractivity contribution in [3.8, 4) is 6.07 Å². The van der Waals surface area contributed by atoms with Crippen molar-refractivity contribution in [1.29, 1.82) is 5.26 Å². The molecule has 0 bridgehead atoms. The molecule has 0 N–H and O–H groups in total. The SMILES string of the molecule is CC1(C)COCCN1CCCCC#N. The van der Waals surface area contributed by atoms with Crippen LogP contribution in [0.5, 0.6) is 0 Å². The fourth-order valence-corrected chi connectivity index (χ4v) is 1.81. The highest BCUT2D eigenvalue weighted by Crippen LogP contribution is 2.19. The third kappa shape index (κ3) is 3.28. The maximum Gasteiger partial charge on any atom is 0.0645 e. The highest BCUT2D eigenvalue weighted by atomic mass is 16.5. The molecule has 0 aromatic carbocycles. The van der Waals surface area contributed by atoms with Crippen LogP contribution in [-0.4, -0.2) is 36.7 Å². The van der Waals surface area contributed by atoms with Crippen LogP contribution in [-0.2, 0) is 4.74 Å². The normalized spacial score (nSPS) is 21.8. The van der Waals surface area contributed by atoms with Gasteiger partial charge in [0.25, 0.3) is 0 Å². The number of rotatable bonds is 4. The molecule has 3 heteroatoms. The summed E-state index contributed by atoms with van der Waals surface area (Å²) in [6.45, 7) is 8.23. The van der Waals surface area contributed by atoms with Gasteiger partial charge in [-0.05, 0) is 33.2 Å². The molecule has 3 nitrogen and oxygen atoms in total. The van der Waals surface area contributed by atoms with Crippen molar-refractivity contribution in [2.75, 3.05) is 26.3 Å². The first-order chi connectivity index (χ1) is 6.67. The quantitative estimate of drug-likeness (QED) is 0.643. The van der Waals surface area contributed by atoms with Crippen molar-refractivity contribution in [1.82, 2.24) is 4.90 Å². The standard InChI is InChI=1S/C11H20N2O/c1-11(2)10-14-9-8-13(11)7-5-3-4-6-12/h3-5,7-10H2,1-2H3. The van der Waals surface area contributed by atoms with Gasteiger partial charge >= 0.3 is 0 Å². The molecule has 0 aliphatic carbocycles. The van der Waals surface area contributed by atoms with Crippen molar-refractivity contribution in [2.45, 2.75) is 38.6 Å². The van der Waals surface area contributed by atoms with Gasteiger partial charge in [0.1, 0.15) is 0 Å². The summed E-state index contributed by atoms with van der Waals surface area (Å²) in [5.41, 5.74) is 0.172.